The number of imide groups is 1. The van der Waals surface area contributed by atoms with Crippen molar-refractivity contribution in [2.24, 2.45) is 0 Å². The maximum atomic E-state index is 13.0. The summed E-state index contributed by atoms with van der Waals surface area (Å²) < 4.78 is 5.34. The fourth-order valence-electron chi connectivity index (χ4n) is 3.93. The Morgan fingerprint density at radius 2 is 1.61 bits per heavy atom. The van der Waals surface area contributed by atoms with E-state index in [1.165, 1.54) is 4.90 Å². The van der Waals surface area contributed by atoms with E-state index in [1.807, 2.05) is 45.0 Å². The zero-order chi connectivity index (χ0) is 24.0. The molecule has 172 valence electrons. The second-order valence-corrected chi connectivity index (χ2v) is 9.92. The molecule has 0 atom stereocenters. The minimum Gasteiger partial charge on any atom is -0.344 e. The SMILES string of the molecule is CC(C)(C)c1nc(C(C)(C)NC(=O)CCCN2C(=O)c3cccc4cccc(c34)C2=O)no1. The molecule has 1 aliphatic heterocycles. The summed E-state index contributed by atoms with van der Waals surface area (Å²) in [7, 11) is 0. The van der Waals surface area contributed by atoms with Gasteiger partial charge in [0.1, 0.15) is 0 Å². The van der Waals surface area contributed by atoms with Crippen LogP contribution in [0.25, 0.3) is 10.8 Å². The third-order valence-electron chi connectivity index (χ3n) is 5.72. The normalized spacial score (nSPS) is 14.2. The maximum absolute atomic E-state index is 13.0. The summed E-state index contributed by atoms with van der Waals surface area (Å²) in [5.74, 6) is 0.0173. The monoisotopic (exact) mass is 448 g/mol. The lowest BCUT2D eigenvalue weighted by molar-refractivity contribution is -0.123. The van der Waals surface area contributed by atoms with Gasteiger partial charge in [-0.2, -0.15) is 4.98 Å². The molecule has 8 nitrogen and oxygen atoms in total. The van der Waals surface area contributed by atoms with Crippen LogP contribution in [0.4, 0.5) is 0 Å². The van der Waals surface area contributed by atoms with Crippen LogP contribution in [0.3, 0.4) is 0 Å². The van der Waals surface area contributed by atoms with Crippen LogP contribution >= 0.6 is 0 Å². The van der Waals surface area contributed by atoms with Gasteiger partial charge in [-0.25, -0.2) is 0 Å². The molecule has 1 aromatic heterocycles. The van der Waals surface area contributed by atoms with Crippen molar-refractivity contribution in [3.8, 4) is 0 Å². The van der Waals surface area contributed by atoms with E-state index in [-0.39, 0.29) is 36.1 Å². The topological polar surface area (TPSA) is 105 Å². The van der Waals surface area contributed by atoms with Crippen LogP contribution < -0.4 is 5.32 Å². The van der Waals surface area contributed by atoms with Gasteiger partial charge < -0.3 is 9.84 Å². The number of benzene rings is 2. The summed E-state index contributed by atoms with van der Waals surface area (Å²) in [5, 5.41) is 8.50. The number of carbonyl (C=O) groups excluding carboxylic acids is 3. The quantitative estimate of drug-likeness (QED) is 0.573. The molecule has 0 bridgehead atoms. The van der Waals surface area contributed by atoms with Gasteiger partial charge in [0.25, 0.3) is 11.8 Å². The zero-order valence-electron chi connectivity index (χ0n) is 19.6. The number of amides is 3. The van der Waals surface area contributed by atoms with Crippen LogP contribution in [0.15, 0.2) is 40.9 Å². The van der Waals surface area contributed by atoms with Gasteiger partial charge >= 0.3 is 0 Å². The van der Waals surface area contributed by atoms with Crippen LogP contribution in [-0.4, -0.2) is 39.3 Å². The van der Waals surface area contributed by atoms with Gasteiger partial charge in [-0.05, 0) is 37.8 Å². The van der Waals surface area contributed by atoms with Crippen LogP contribution in [0, 0.1) is 0 Å². The Labute approximate surface area is 192 Å². The van der Waals surface area contributed by atoms with Crippen molar-refractivity contribution in [1.29, 1.82) is 0 Å². The molecule has 3 amide bonds. The number of carbonyl (C=O) groups is 3. The average molecular weight is 449 g/mol. The molecule has 2 heterocycles. The van der Waals surface area contributed by atoms with E-state index in [0.29, 0.717) is 34.6 Å². The first-order chi connectivity index (χ1) is 15.5. The largest absolute Gasteiger partial charge is 0.344 e. The van der Waals surface area contributed by atoms with Crippen molar-refractivity contribution in [1.82, 2.24) is 20.4 Å². The zero-order valence-corrected chi connectivity index (χ0v) is 19.6. The van der Waals surface area contributed by atoms with Crippen molar-refractivity contribution < 1.29 is 18.9 Å². The van der Waals surface area contributed by atoms with Crippen LogP contribution in [0.2, 0.25) is 0 Å². The Balaban J connectivity index is 1.39. The minimum atomic E-state index is -0.824. The molecule has 2 aromatic carbocycles. The highest BCUT2D eigenvalue weighted by molar-refractivity contribution is 6.25. The van der Waals surface area contributed by atoms with Crippen molar-refractivity contribution in [3.63, 3.8) is 0 Å². The Hall–Kier alpha value is -3.55. The molecular weight excluding hydrogens is 420 g/mol. The molecule has 0 saturated heterocycles. The number of hydrogen-bond donors (Lipinski definition) is 1. The van der Waals surface area contributed by atoms with Crippen LogP contribution in [0.1, 0.15) is 79.9 Å². The standard InChI is InChI=1S/C25H28N4O4/c1-24(2,3)23-26-22(28-33-23)25(4,5)27-18(30)13-8-14-29-20(31)16-11-6-9-15-10-7-12-17(19(15)16)21(29)32/h6-7,9-12H,8,13-14H2,1-5H3,(H,27,30). The van der Waals surface area contributed by atoms with Gasteiger partial charge in [-0.1, -0.05) is 50.2 Å². The molecule has 3 aromatic rings. The van der Waals surface area contributed by atoms with Crippen molar-refractivity contribution >= 4 is 28.5 Å². The van der Waals surface area contributed by atoms with Gasteiger partial charge in [0.15, 0.2) is 5.82 Å². The second kappa shape index (κ2) is 8.10. The first-order valence-electron chi connectivity index (χ1n) is 11.0. The Bertz CT molecular complexity index is 1200. The minimum absolute atomic E-state index is 0.149. The lowest BCUT2D eigenvalue weighted by atomic mass is 9.94. The molecule has 1 aliphatic rings. The van der Waals surface area contributed by atoms with Gasteiger partial charge in [-0.15, -0.1) is 0 Å². The van der Waals surface area contributed by atoms with Gasteiger partial charge in [-0.3, -0.25) is 19.3 Å². The first-order valence-corrected chi connectivity index (χ1v) is 11.0. The van der Waals surface area contributed by atoms with E-state index in [4.69, 9.17) is 4.52 Å². The summed E-state index contributed by atoms with van der Waals surface area (Å²) in [4.78, 5) is 44.2. The Morgan fingerprint density at radius 1 is 1.00 bits per heavy atom. The molecule has 0 radical (unpaired) electrons. The molecule has 33 heavy (non-hydrogen) atoms. The van der Waals surface area contributed by atoms with E-state index in [9.17, 15) is 14.4 Å². The average Bonchev–Trinajstić information content (AvgIpc) is 3.26. The third kappa shape index (κ3) is 4.25. The molecule has 8 heteroatoms. The Kier molecular flexibility index (Phi) is 5.56. The van der Waals surface area contributed by atoms with Gasteiger partial charge in [0, 0.05) is 34.9 Å². The van der Waals surface area contributed by atoms with Crippen molar-refractivity contribution in [2.75, 3.05) is 6.54 Å². The summed E-state index contributed by atoms with van der Waals surface area (Å²) in [6, 6.07) is 10.9. The van der Waals surface area contributed by atoms with E-state index >= 15 is 0 Å². The maximum Gasteiger partial charge on any atom is 0.261 e. The van der Waals surface area contributed by atoms with E-state index in [0.717, 1.165) is 5.39 Å². The Morgan fingerprint density at radius 3 is 2.15 bits per heavy atom. The highest BCUT2D eigenvalue weighted by atomic mass is 16.5. The molecular formula is C25H28N4O4. The van der Waals surface area contributed by atoms with Gasteiger partial charge in [0.05, 0.1) is 5.54 Å². The highest BCUT2D eigenvalue weighted by Gasteiger charge is 2.33. The predicted octanol–water partition coefficient (Wildman–Crippen LogP) is 3.95. The molecule has 0 unspecified atom stereocenters. The molecule has 0 fully saturated rings. The first kappa shape index (κ1) is 22.6. The highest BCUT2D eigenvalue weighted by Crippen LogP contribution is 2.30. The molecule has 0 spiro atoms. The molecule has 4 rings (SSSR count). The predicted molar refractivity (Wildman–Crippen MR) is 123 cm³/mol. The summed E-state index contributed by atoms with van der Waals surface area (Å²) in [6.45, 7) is 9.68. The summed E-state index contributed by atoms with van der Waals surface area (Å²) >= 11 is 0. The fraction of sp³-hybridized carbons (Fsp3) is 0.400. The van der Waals surface area contributed by atoms with Gasteiger partial charge in [0.2, 0.25) is 11.8 Å². The number of nitrogens with zero attached hydrogens (tertiary/aromatic N) is 3. The van der Waals surface area contributed by atoms with Crippen LogP contribution in [0.5, 0.6) is 0 Å². The number of rotatable bonds is 6. The number of nitrogens with one attached hydrogen (secondary N) is 1. The number of hydrogen-bond acceptors (Lipinski definition) is 6. The smallest absolute Gasteiger partial charge is 0.261 e. The van der Waals surface area contributed by atoms with E-state index in [2.05, 4.69) is 15.5 Å². The number of aromatic nitrogens is 2. The lowest BCUT2D eigenvalue weighted by Crippen LogP contribution is -2.43. The second-order valence-electron chi connectivity index (χ2n) is 9.92. The van der Waals surface area contributed by atoms with E-state index < -0.39 is 5.54 Å². The molecule has 0 aliphatic carbocycles. The third-order valence-corrected chi connectivity index (χ3v) is 5.72. The fourth-order valence-corrected chi connectivity index (χ4v) is 3.93. The summed E-state index contributed by atoms with van der Waals surface area (Å²) in [5.41, 5.74) is -0.0860. The van der Waals surface area contributed by atoms with E-state index in [1.54, 1.807) is 26.0 Å². The molecule has 1 N–H and O–H groups in total. The summed E-state index contributed by atoms with van der Waals surface area (Å²) in [6.07, 6.45) is 0.493. The molecule has 0 saturated carbocycles. The van der Waals surface area contributed by atoms with Crippen molar-refractivity contribution in [3.05, 3.63) is 59.2 Å². The van der Waals surface area contributed by atoms with Crippen LogP contribution in [-0.2, 0) is 15.7 Å². The lowest BCUT2D eigenvalue weighted by Gasteiger charge is -2.27. The van der Waals surface area contributed by atoms with Crippen molar-refractivity contribution in [2.45, 2.75) is 58.4 Å².